The number of fused-ring (bicyclic) bond motifs is 1. The maximum atomic E-state index is 12.3. The Hall–Kier alpha value is -2.72. The van der Waals surface area contributed by atoms with Crippen LogP contribution in [0.4, 0.5) is 10.5 Å². The van der Waals surface area contributed by atoms with Crippen LogP contribution in [0.1, 0.15) is 0 Å². The zero-order chi connectivity index (χ0) is 19.6. The highest BCUT2D eigenvalue weighted by molar-refractivity contribution is 7.98. The summed E-state index contributed by atoms with van der Waals surface area (Å²) in [5.74, 6) is 0.358. The van der Waals surface area contributed by atoms with Gasteiger partial charge in [-0.05, 0) is 42.3 Å². The minimum atomic E-state index is -3.41. The van der Waals surface area contributed by atoms with Gasteiger partial charge in [0.1, 0.15) is 5.75 Å². The molecular formula is C17H18N4O4S2. The van der Waals surface area contributed by atoms with Gasteiger partial charge in [-0.15, -0.1) is 0 Å². The van der Waals surface area contributed by atoms with E-state index in [9.17, 15) is 13.2 Å². The van der Waals surface area contributed by atoms with E-state index in [1.165, 1.54) is 25.3 Å². The Balaban J connectivity index is 1.77. The number of amides is 2. The summed E-state index contributed by atoms with van der Waals surface area (Å²) in [6, 6.07) is 9.39. The molecule has 0 fully saturated rings. The van der Waals surface area contributed by atoms with Crippen LogP contribution in [-0.4, -0.2) is 37.4 Å². The Kier molecular flexibility index (Phi) is 5.29. The number of rotatable bonds is 5. The van der Waals surface area contributed by atoms with Crippen molar-refractivity contribution < 1.29 is 17.9 Å². The molecule has 2 N–H and O–H groups in total. The van der Waals surface area contributed by atoms with Crippen LogP contribution in [0.15, 0.2) is 52.5 Å². The molecule has 3 rings (SSSR count). The van der Waals surface area contributed by atoms with Gasteiger partial charge in [0.2, 0.25) is 0 Å². The fraction of sp³-hybridized carbons (Fsp3) is 0.176. The summed E-state index contributed by atoms with van der Waals surface area (Å²) >= 11 is 1.14. The Morgan fingerprint density at radius 1 is 1.26 bits per heavy atom. The van der Waals surface area contributed by atoms with Crippen LogP contribution in [0.25, 0.3) is 11.0 Å². The fourth-order valence-corrected chi connectivity index (χ4v) is 3.92. The molecule has 0 aliphatic rings. The van der Waals surface area contributed by atoms with Crippen molar-refractivity contribution in [3.05, 3.63) is 42.7 Å². The van der Waals surface area contributed by atoms with Crippen LogP contribution in [-0.2, 0) is 16.9 Å². The molecule has 0 spiro atoms. The predicted molar refractivity (Wildman–Crippen MR) is 105 cm³/mol. The number of aromatic nitrogens is 2. The van der Waals surface area contributed by atoms with Gasteiger partial charge in [0.15, 0.2) is 9.84 Å². The van der Waals surface area contributed by atoms with Gasteiger partial charge >= 0.3 is 6.03 Å². The number of nitrogens with zero attached hydrogens (tertiary/aromatic N) is 2. The average Bonchev–Trinajstić information content (AvgIpc) is 3.01. The molecule has 0 atom stereocenters. The summed E-state index contributed by atoms with van der Waals surface area (Å²) in [5.41, 5.74) is 1.99. The summed E-state index contributed by atoms with van der Waals surface area (Å²) in [6.07, 6.45) is 2.80. The standard InChI is InChI=1S/C17H18N4O4S2/c1-21-10-18-12-5-4-6-15(16(12)21)26-20-17(22)19-13-9-11(27(3,23)24)7-8-14(13)25-2/h4-10H,1-3H3,(H2,19,20,22). The minimum absolute atomic E-state index is 0.0888. The number of methoxy groups -OCH3 is 1. The minimum Gasteiger partial charge on any atom is -0.495 e. The number of carbonyl (C=O) groups is 1. The number of aryl methyl sites for hydroxylation is 1. The molecule has 0 aliphatic heterocycles. The first-order chi connectivity index (χ1) is 12.8. The van der Waals surface area contributed by atoms with Gasteiger partial charge in [-0.3, -0.25) is 4.72 Å². The smallest absolute Gasteiger partial charge is 0.329 e. The summed E-state index contributed by atoms with van der Waals surface area (Å²) in [4.78, 5) is 17.5. The van der Waals surface area contributed by atoms with Gasteiger partial charge in [0.05, 0.1) is 39.9 Å². The lowest BCUT2D eigenvalue weighted by atomic mass is 10.3. The number of sulfone groups is 1. The molecule has 0 bridgehead atoms. The number of imidazole rings is 1. The lowest BCUT2D eigenvalue weighted by molar-refractivity contribution is 0.257. The van der Waals surface area contributed by atoms with Gasteiger partial charge in [-0.1, -0.05) is 6.07 Å². The topological polar surface area (TPSA) is 102 Å². The first-order valence-electron chi connectivity index (χ1n) is 7.81. The maximum Gasteiger partial charge on any atom is 0.329 e. The molecule has 2 aromatic carbocycles. The van der Waals surface area contributed by atoms with Crippen molar-refractivity contribution in [1.82, 2.24) is 14.3 Å². The number of hydrogen-bond donors (Lipinski definition) is 2. The SMILES string of the molecule is COc1ccc(S(C)(=O)=O)cc1NC(=O)NSc1cccc2ncn(C)c12. The zero-order valence-corrected chi connectivity index (χ0v) is 16.5. The monoisotopic (exact) mass is 406 g/mol. The van der Waals surface area contributed by atoms with Gasteiger partial charge in [-0.25, -0.2) is 18.2 Å². The second-order valence-corrected chi connectivity index (χ2v) is 8.64. The first-order valence-corrected chi connectivity index (χ1v) is 10.5. The third kappa shape index (κ3) is 4.17. The van der Waals surface area contributed by atoms with Crippen molar-refractivity contribution in [3.63, 3.8) is 0 Å². The number of para-hydroxylation sites is 1. The highest BCUT2D eigenvalue weighted by Crippen LogP contribution is 2.28. The van der Waals surface area contributed by atoms with Gasteiger partial charge < -0.3 is 14.6 Å². The average molecular weight is 406 g/mol. The van der Waals surface area contributed by atoms with E-state index in [0.717, 1.165) is 34.1 Å². The van der Waals surface area contributed by atoms with E-state index in [1.807, 2.05) is 29.8 Å². The van der Waals surface area contributed by atoms with E-state index in [-0.39, 0.29) is 10.6 Å². The van der Waals surface area contributed by atoms with Gasteiger partial charge in [0, 0.05) is 13.3 Å². The van der Waals surface area contributed by atoms with Crippen LogP contribution in [0.2, 0.25) is 0 Å². The first kappa shape index (κ1) is 19.1. The highest BCUT2D eigenvalue weighted by Gasteiger charge is 2.14. The van der Waals surface area contributed by atoms with E-state index in [2.05, 4.69) is 15.0 Å². The zero-order valence-electron chi connectivity index (χ0n) is 14.9. The van der Waals surface area contributed by atoms with Crippen LogP contribution in [0.3, 0.4) is 0 Å². The summed E-state index contributed by atoms with van der Waals surface area (Å²) < 4.78 is 33.2. The number of hydrogen-bond acceptors (Lipinski definition) is 6. The summed E-state index contributed by atoms with van der Waals surface area (Å²) in [7, 11) is -0.0893. The predicted octanol–water partition coefficient (Wildman–Crippen LogP) is 2.81. The number of anilines is 1. The van der Waals surface area contributed by atoms with E-state index < -0.39 is 15.9 Å². The lowest BCUT2D eigenvalue weighted by Crippen LogP contribution is -2.23. The normalized spacial score (nSPS) is 11.4. The Bertz CT molecular complexity index is 1110. The Morgan fingerprint density at radius 2 is 2.04 bits per heavy atom. The molecule has 10 heteroatoms. The number of benzene rings is 2. The maximum absolute atomic E-state index is 12.3. The Morgan fingerprint density at radius 3 is 2.74 bits per heavy atom. The fourth-order valence-electron chi connectivity index (χ4n) is 2.52. The van der Waals surface area contributed by atoms with E-state index in [4.69, 9.17) is 4.74 Å². The van der Waals surface area contributed by atoms with Crippen molar-refractivity contribution in [3.8, 4) is 5.75 Å². The number of carbonyl (C=O) groups excluding carboxylic acids is 1. The molecule has 0 aliphatic carbocycles. The molecule has 1 aromatic heterocycles. The Labute approximate surface area is 161 Å². The molecule has 3 aromatic rings. The highest BCUT2D eigenvalue weighted by atomic mass is 32.2. The largest absolute Gasteiger partial charge is 0.495 e. The van der Waals surface area contributed by atoms with Gasteiger partial charge in [-0.2, -0.15) is 0 Å². The molecule has 0 saturated heterocycles. The van der Waals surface area contributed by atoms with Crippen molar-refractivity contribution in [1.29, 1.82) is 0 Å². The number of urea groups is 1. The second-order valence-electron chi connectivity index (χ2n) is 5.77. The molecule has 8 nitrogen and oxygen atoms in total. The summed E-state index contributed by atoms with van der Waals surface area (Å²) in [6.45, 7) is 0. The third-order valence-electron chi connectivity index (χ3n) is 3.80. The third-order valence-corrected chi connectivity index (χ3v) is 5.75. The summed E-state index contributed by atoms with van der Waals surface area (Å²) in [5, 5.41) is 2.62. The lowest BCUT2D eigenvalue weighted by Gasteiger charge is -2.12. The van der Waals surface area contributed by atoms with Crippen molar-refractivity contribution >= 4 is 44.5 Å². The molecule has 2 amide bonds. The molecule has 0 saturated carbocycles. The molecule has 142 valence electrons. The molecule has 1 heterocycles. The van der Waals surface area contributed by atoms with Crippen molar-refractivity contribution in [2.45, 2.75) is 9.79 Å². The molecule has 0 radical (unpaired) electrons. The van der Waals surface area contributed by atoms with Crippen molar-refractivity contribution in [2.24, 2.45) is 7.05 Å². The van der Waals surface area contributed by atoms with E-state index >= 15 is 0 Å². The van der Waals surface area contributed by atoms with Crippen LogP contribution in [0, 0.1) is 0 Å². The number of ether oxygens (including phenoxy) is 1. The molecule has 0 unspecified atom stereocenters. The van der Waals surface area contributed by atoms with Crippen LogP contribution >= 0.6 is 11.9 Å². The van der Waals surface area contributed by atoms with Crippen LogP contribution in [0.5, 0.6) is 5.75 Å². The van der Waals surface area contributed by atoms with E-state index in [1.54, 1.807) is 6.33 Å². The second kappa shape index (κ2) is 7.49. The molecular weight excluding hydrogens is 388 g/mol. The van der Waals surface area contributed by atoms with Crippen LogP contribution < -0.4 is 14.8 Å². The number of nitrogens with one attached hydrogen (secondary N) is 2. The molecule has 27 heavy (non-hydrogen) atoms. The quantitative estimate of drug-likeness (QED) is 0.632. The van der Waals surface area contributed by atoms with E-state index in [0.29, 0.717) is 5.75 Å². The van der Waals surface area contributed by atoms with Gasteiger partial charge in [0.25, 0.3) is 0 Å². The van der Waals surface area contributed by atoms with Crippen molar-refractivity contribution in [2.75, 3.05) is 18.7 Å².